The second-order valence-electron chi connectivity index (χ2n) is 4.29. The summed E-state index contributed by atoms with van der Waals surface area (Å²) in [5, 5.41) is 11.3. The van der Waals surface area contributed by atoms with Crippen LogP contribution in [0.15, 0.2) is 11.4 Å². The van der Waals surface area contributed by atoms with E-state index in [1.165, 1.54) is 4.88 Å². The standard InChI is InChI=1S/C12H18ClNO2S/c1-9(2)14(5-3-4-12(15)16)7-11-6-10(13)8-17-11/h6,8-9H,3-5,7H2,1-2H3,(H,15,16). The number of carboxylic acids is 1. The average Bonchev–Trinajstić information content (AvgIpc) is 2.62. The highest BCUT2D eigenvalue weighted by Crippen LogP contribution is 2.21. The van der Waals surface area contributed by atoms with Crippen LogP contribution in [0.3, 0.4) is 0 Å². The Balaban J connectivity index is 2.46. The van der Waals surface area contributed by atoms with E-state index in [9.17, 15) is 4.79 Å². The molecule has 1 heterocycles. The van der Waals surface area contributed by atoms with Crippen LogP contribution in [0.25, 0.3) is 0 Å². The number of rotatable bonds is 7. The van der Waals surface area contributed by atoms with E-state index in [-0.39, 0.29) is 6.42 Å². The third-order valence-electron chi connectivity index (χ3n) is 2.55. The summed E-state index contributed by atoms with van der Waals surface area (Å²) < 4.78 is 0. The molecule has 0 amide bonds. The monoisotopic (exact) mass is 275 g/mol. The minimum atomic E-state index is -0.729. The van der Waals surface area contributed by atoms with Crippen LogP contribution in [0.1, 0.15) is 31.6 Å². The summed E-state index contributed by atoms with van der Waals surface area (Å²) in [6, 6.07) is 2.38. The fourth-order valence-corrected chi connectivity index (χ4v) is 2.69. The van der Waals surface area contributed by atoms with Gasteiger partial charge in [0.2, 0.25) is 0 Å². The van der Waals surface area contributed by atoms with Crippen molar-refractivity contribution < 1.29 is 9.90 Å². The van der Waals surface area contributed by atoms with E-state index in [1.54, 1.807) is 11.3 Å². The number of carboxylic acid groups (broad SMARTS) is 1. The van der Waals surface area contributed by atoms with Crippen molar-refractivity contribution in [3.8, 4) is 0 Å². The highest BCUT2D eigenvalue weighted by molar-refractivity contribution is 7.10. The van der Waals surface area contributed by atoms with Gasteiger partial charge in [-0.25, -0.2) is 0 Å². The van der Waals surface area contributed by atoms with Crippen molar-refractivity contribution in [2.45, 2.75) is 39.3 Å². The van der Waals surface area contributed by atoms with Crippen molar-refractivity contribution in [3.63, 3.8) is 0 Å². The molecule has 0 atom stereocenters. The number of aliphatic carboxylic acids is 1. The summed E-state index contributed by atoms with van der Waals surface area (Å²) in [5.74, 6) is -0.729. The molecule has 96 valence electrons. The van der Waals surface area contributed by atoms with Gasteiger partial charge in [0, 0.05) is 29.3 Å². The van der Waals surface area contributed by atoms with Crippen LogP contribution in [-0.2, 0) is 11.3 Å². The predicted molar refractivity (Wildman–Crippen MR) is 71.7 cm³/mol. The van der Waals surface area contributed by atoms with Crippen LogP contribution in [0.5, 0.6) is 0 Å². The molecule has 1 rings (SSSR count). The van der Waals surface area contributed by atoms with E-state index >= 15 is 0 Å². The topological polar surface area (TPSA) is 40.5 Å². The average molecular weight is 276 g/mol. The molecule has 1 aromatic heterocycles. The van der Waals surface area contributed by atoms with Gasteiger partial charge >= 0.3 is 5.97 Å². The largest absolute Gasteiger partial charge is 0.481 e. The molecule has 0 saturated heterocycles. The van der Waals surface area contributed by atoms with Crippen molar-refractivity contribution >= 4 is 28.9 Å². The van der Waals surface area contributed by atoms with Gasteiger partial charge in [-0.15, -0.1) is 11.3 Å². The van der Waals surface area contributed by atoms with Crippen molar-refractivity contribution in [2.75, 3.05) is 6.54 Å². The molecule has 3 nitrogen and oxygen atoms in total. The summed E-state index contributed by atoms with van der Waals surface area (Å²) in [6.45, 7) is 5.89. The lowest BCUT2D eigenvalue weighted by molar-refractivity contribution is -0.137. The molecule has 0 radical (unpaired) electrons. The molecular formula is C12H18ClNO2S. The van der Waals surface area contributed by atoms with E-state index in [2.05, 4.69) is 18.7 Å². The number of nitrogens with zero attached hydrogens (tertiary/aromatic N) is 1. The Morgan fingerprint density at radius 2 is 2.29 bits per heavy atom. The van der Waals surface area contributed by atoms with Crippen LogP contribution in [-0.4, -0.2) is 28.6 Å². The maximum atomic E-state index is 10.5. The molecule has 0 bridgehead atoms. The van der Waals surface area contributed by atoms with Crippen molar-refractivity contribution in [2.24, 2.45) is 0 Å². The summed E-state index contributed by atoms with van der Waals surface area (Å²) >= 11 is 7.53. The van der Waals surface area contributed by atoms with Gasteiger partial charge in [-0.1, -0.05) is 11.6 Å². The molecule has 0 aliphatic rings. The molecular weight excluding hydrogens is 258 g/mol. The smallest absolute Gasteiger partial charge is 0.303 e. The minimum Gasteiger partial charge on any atom is -0.481 e. The first-order valence-corrected chi connectivity index (χ1v) is 6.93. The summed E-state index contributed by atoms with van der Waals surface area (Å²) in [6.07, 6.45) is 0.918. The lowest BCUT2D eigenvalue weighted by Crippen LogP contribution is -2.31. The first kappa shape index (κ1) is 14.5. The van der Waals surface area contributed by atoms with E-state index in [0.717, 1.165) is 18.1 Å². The third-order valence-corrected chi connectivity index (χ3v) is 3.82. The Bertz CT molecular complexity index is 365. The first-order chi connectivity index (χ1) is 7.99. The zero-order valence-electron chi connectivity index (χ0n) is 10.1. The Hall–Kier alpha value is -0.580. The van der Waals surface area contributed by atoms with Gasteiger partial charge in [-0.3, -0.25) is 9.69 Å². The maximum absolute atomic E-state index is 10.5. The normalized spacial score (nSPS) is 11.4. The molecule has 1 aromatic rings. The molecule has 1 N–H and O–H groups in total. The van der Waals surface area contributed by atoms with E-state index in [0.29, 0.717) is 12.5 Å². The van der Waals surface area contributed by atoms with Crippen LogP contribution in [0.2, 0.25) is 5.02 Å². The fraction of sp³-hybridized carbons (Fsp3) is 0.583. The summed E-state index contributed by atoms with van der Waals surface area (Å²) in [5.41, 5.74) is 0. The zero-order chi connectivity index (χ0) is 12.8. The van der Waals surface area contributed by atoms with Crippen molar-refractivity contribution in [1.82, 2.24) is 4.90 Å². The van der Waals surface area contributed by atoms with Gasteiger partial charge in [0.1, 0.15) is 0 Å². The van der Waals surface area contributed by atoms with Crippen molar-refractivity contribution in [3.05, 3.63) is 21.3 Å². The summed E-state index contributed by atoms with van der Waals surface area (Å²) in [7, 11) is 0. The summed E-state index contributed by atoms with van der Waals surface area (Å²) in [4.78, 5) is 14.0. The molecule has 17 heavy (non-hydrogen) atoms. The number of hydrogen-bond donors (Lipinski definition) is 1. The quantitative estimate of drug-likeness (QED) is 0.828. The molecule has 5 heteroatoms. The Labute approximate surface area is 111 Å². The molecule has 0 aliphatic carbocycles. The van der Waals surface area contributed by atoms with Gasteiger partial charge in [0.05, 0.1) is 5.02 Å². The zero-order valence-corrected chi connectivity index (χ0v) is 11.7. The Kier molecular flexibility index (Phi) is 5.95. The minimum absolute atomic E-state index is 0.231. The van der Waals surface area contributed by atoms with Crippen LogP contribution in [0, 0.1) is 0 Å². The van der Waals surface area contributed by atoms with Gasteiger partial charge in [-0.05, 0) is 32.9 Å². The maximum Gasteiger partial charge on any atom is 0.303 e. The van der Waals surface area contributed by atoms with Gasteiger partial charge < -0.3 is 5.11 Å². The SMILES string of the molecule is CC(C)N(CCCC(=O)O)Cc1cc(Cl)cs1. The molecule has 0 unspecified atom stereocenters. The predicted octanol–water partition coefficient (Wildman–Crippen LogP) is 3.48. The Morgan fingerprint density at radius 1 is 1.59 bits per heavy atom. The molecule has 0 fully saturated rings. The third kappa shape index (κ3) is 5.52. The molecule has 0 spiro atoms. The van der Waals surface area contributed by atoms with Gasteiger partial charge in [0.25, 0.3) is 0 Å². The molecule has 0 saturated carbocycles. The number of hydrogen-bond acceptors (Lipinski definition) is 3. The Morgan fingerprint density at radius 3 is 2.76 bits per heavy atom. The first-order valence-electron chi connectivity index (χ1n) is 5.68. The number of halogens is 1. The lowest BCUT2D eigenvalue weighted by atomic mass is 10.2. The second kappa shape index (κ2) is 6.99. The van der Waals surface area contributed by atoms with E-state index in [1.807, 2.05) is 11.4 Å². The molecule has 0 aromatic carbocycles. The van der Waals surface area contributed by atoms with Crippen LogP contribution >= 0.6 is 22.9 Å². The number of thiophene rings is 1. The van der Waals surface area contributed by atoms with Crippen LogP contribution in [0.4, 0.5) is 0 Å². The fourth-order valence-electron chi connectivity index (χ4n) is 1.59. The number of carbonyl (C=O) groups is 1. The highest BCUT2D eigenvalue weighted by atomic mass is 35.5. The molecule has 0 aliphatic heterocycles. The van der Waals surface area contributed by atoms with E-state index in [4.69, 9.17) is 16.7 Å². The highest BCUT2D eigenvalue weighted by Gasteiger charge is 2.11. The van der Waals surface area contributed by atoms with Gasteiger partial charge in [-0.2, -0.15) is 0 Å². The second-order valence-corrected chi connectivity index (χ2v) is 5.72. The van der Waals surface area contributed by atoms with Crippen LogP contribution < -0.4 is 0 Å². The van der Waals surface area contributed by atoms with Crippen molar-refractivity contribution in [1.29, 1.82) is 0 Å². The van der Waals surface area contributed by atoms with E-state index < -0.39 is 5.97 Å². The lowest BCUT2D eigenvalue weighted by Gasteiger charge is -2.25. The van der Waals surface area contributed by atoms with Gasteiger partial charge in [0.15, 0.2) is 0 Å².